The van der Waals surface area contributed by atoms with Crippen molar-refractivity contribution < 1.29 is 19.4 Å². The molecule has 3 aromatic rings. The highest BCUT2D eigenvalue weighted by atomic mass is 16.5. The summed E-state index contributed by atoms with van der Waals surface area (Å²) in [5.41, 5.74) is 3.15. The number of cyclic esters (lactones) is 1. The fraction of sp³-hybridized carbons (Fsp3) is 0.375. The van der Waals surface area contributed by atoms with Crippen molar-refractivity contribution in [3.05, 3.63) is 71.4 Å². The first-order chi connectivity index (χ1) is 16.6. The standard InChI is InChI=1S/C24H26N6O4/c31-21(19-2-3-20-18(12-19)5-10-34-24(20)33)14-28-6-8-29(9-7-28)23(32)11-17-1-4-22(26-13-17)30-16-25-15-27-30/h1-4,12-13,15-16,21,31H,5-11,14H2. The first kappa shape index (κ1) is 22.2. The Labute approximate surface area is 196 Å². The number of carbonyl (C=O) groups is 2. The number of fused-ring (bicyclic) bond motifs is 1. The summed E-state index contributed by atoms with van der Waals surface area (Å²) in [5, 5.41) is 14.8. The summed E-state index contributed by atoms with van der Waals surface area (Å²) < 4.78 is 6.63. The van der Waals surface area contributed by atoms with Crippen molar-refractivity contribution in [3.8, 4) is 5.82 Å². The Morgan fingerprint density at radius 3 is 2.74 bits per heavy atom. The van der Waals surface area contributed by atoms with Crippen LogP contribution in [0.15, 0.2) is 49.2 Å². The van der Waals surface area contributed by atoms with Crippen molar-refractivity contribution in [1.82, 2.24) is 29.5 Å². The number of rotatable bonds is 6. The Bertz CT molecular complexity index is 1160. The van der Waals surface area contributed by atoms with E-state index >= 15 is 0 Å². The molecule has 2 aliphatic heterocycles. The smallest absolute Gasteiger partial charge is 0.338 e. The predicted molar refractivity (Wildman–Crippen MR) is 121 cm³/mol. The lowest BCUT2D eigenvalue weighted by atomic mass is 9.97. The summed E-state index contributed by atoms with van der Waals surface area (Å²) in [6, 6.07) is 9.13. The molecule has 1 atom stereocenters. The van der Waals surface area contributed by atoms with Crippen LogP contribution in [-0.2, 0) is 22.4 Å². The molecule has 1 saturated heterocycles. The van der Waals surface area contributed by atoms with Crippen molar-refractivity contribution in [2.24, 2.45) is 0 Å². The van der Waals surface area contributed by atoms with Gasteiger partial charge in [-0.15, -0.1) is 0 Å². The molecule has 176 valence electrons. The van der Waals surface area contributed by atoms with Crippen LogP contribution in [0.1, 0.15) is 33.2 Å². The van der Waals surface area contributed by atoms with Crippen LogP contribution < -0.4 is 0 Å². The Hall–Kier alpha value is -3.63. The van der Waals surface area contributed by atoms with Gasteiger partial charge in [-0.2, -0.15) is 5.10 Å². The molecule has 1 amide bonds. The fourth-order valence-electron chi connectivity index (χ4n) is 4.36. The number of hydrogen-bond acceptors (Lipinski definition) is 8. The highest BCUT2D eigenvalue weighted by Crippen LogP contribution is 2.23. The van der Waals surface area contributed by atoms with Gasteiger partial charge in [0.05, 0.1) is 24.7 Å². The number of aliphatic hydroxyl groups is 1. The first-order valence-corrected chi connectivity index (χ1v) is 11.3. The molecule has 4 heterocycles. The molecule has 0 saturated carbocycles. The maximum atomic E-state index is 12.8. The van der Waals surface area contributed by atoms with E-state index in [1.807, 2.05) is 23.1 Å². The maximum absolute atomic E-state index is 12.8. The van der Waals surface area contributed by atoms with Crippen LogP contribution in [0, 0.1) is 0 Å². The minimum Gasteiger partial charge on any atom is -0.462 e. The topological polar surface area (TPSA) is 114 Å². The van der Waals surface area contributed by atoms with Gasteiger partial charge in [0.1, 0.15) is 12.7 Å². The molecule has 1 fully saturated rings. The second-order valence-corrected chi connectivity index (χ2v) is 8.54. The summed E-state index contributed by atoms with van der Waals surface area (Å²) in [6.07, 6.45) is 5.03. The number of pyridine rings is 1. The number of ether oxygens (including phenoxy) is 1. The summed E-state index contributed by atoms with van der Waals surface area (Å²) in [4.78, 5) is 36.9. The number of esters is 1. The zero-order valence-electron chi connectivity index (χ0n) is 18.7. The lowest BCUT2D eigenvalue weighted by Gasteiger charge is -2.35. The van der Waals surface area contributed by atoms with Gasteiger partial charge in [-0.1, -0.05) is 18.2 Å². The van der Waals surface area contributed by atoms with E-state index in [-0.39, 0.29) is 11.9 Å². The molecule has 0 spiro atoms. The molecule has 0 radical (unpaired) electrons. The molecule has 10 heteroatoms. The highest BCUT2D eigenvalue weighted by molar-refractivity contribution is 5.92. The third-order valence-electron chi connectivity index (χ3n) is 6.31. The van der Waals surface area contributed by atoms with Crippen molar-refractivity contribution in [2.45, 2.75) is 18.9 Å². The largest absolute Gasteiger partial charge is 0.462 e. The molecule has 1 unspecified atom stereocenters. The lowest BCUT2D eigenvalue weighted by molar-refractivity contribution is -0.132. The quantitative estimate of drug-likeness (QED) is 0.535. The van der Waals surface area contributed by atoms with Crippen molar-refractivity contribution >= 4 is 11.9 Å². The van der Waals surface area contributed by atoms with Gasteiger partial charge >= 0.3 is 5.97 Å². The van der Waals surface area contributed by atoms with Crippen molar-refractivity contribution in [1.29, 1.82) is 0 Å². The number of piperazine rings is 1. The van der Waals surface area contributed by atoms with Gasteiger partial charge in [0, 0.05) is 45.3 Å². The number of benzene rings is 1. The second-order valence-electron chi connectivity index (χ2n) is 8.54. The van der Waals surface area contributed by atoms with Crippen LogP contribution in [-0.4, -0.2) is 85.9 Å². The third-order valence-corrected chi connectivity index (χ3v) is 6.31. The molecule has 5 rings (SSSR count). The zero-order valence-corrected chi connectivity index (χ0v) is 18.7. The van der Waals surface area contributed by atoms with Crippen LogP contribution in [0.5, 0.6) is 0 Å². The van der Waals surface area contributed by atoms with E-state index in [2.05, 4.69) is 20.0 Å². The summed E-state index contributed by atoms with van der Waals surface area (Å²) in [7, 11) is 0. The van der Waals surface area contributed by atoms with Gasteiger partial charge < -0.3 is 14.7 Å². The van der Waals surface area contributed by atoms with Gasteiger partial charge in [-0.3, -0.25) is 9.69 Å². The average molecular weight is 463 g/mol. The number of amides is 1. The molecular weight excluding hydrogens is 436 g/mol. The van der Waals surface area contributed by atoms with Gasteiger partial charge in [-0.25, -0.2) is 19.4 Å². The predicted octanol–water partition coefficient (Wildman–Crippen LogP) is 0.795. The second kappa shape index (κ2) is 9.70. The minimum atomic E-state index is -0.653. The van der Waals surface area contributed by atoms with E-state index in [0.29, 0.717) is 63.6 Å². The molecule has 0 bridgehead atoms. The van der Waals surface area contributed by atoms with E-state index in [9.17, 15) is 14.7 Å². The molecule has 1 N–H and O–H groups in total. The van der Waals surface area contributed by atoms with Gasteiger partial charge in [0.2, 0.25) is 5.91 Å². The molecule has 1 aromatic carbocycles. The van der Waals surface area contributed by atoms with Gasteiger partial charge in [0.25, 0.3) is 0 Å². The SMILES string of the molecule is O=C1OCCc2cc(C(O)CN3CCN(C(=O)Cc4ccc(-n5cncn5)nc4)CC3)ccc21. The van der Waals surface area contributed by atoms with Crippen LogP contribution in [0.3, 0.4) is 0 Å². The Morgan fingerprint density at radius 1 is 1.15 bits per heavy atom. The number of nitrogens with zero attached hydrogens (tertiary/aromatic N) is 6. The molecule has 34 heavy (non-hydrogen) atoms. The van der Waals surface area contributed by atoms with Crippen LogP contribution >= 0.6 is 0 Å². The number of β-amino-alcohol motifs (C(OH)–C–C–N with tert-alkyl or cyclic N) is 1. The molecule has 10 nitrogen and oxygen atoms in total. The third kappa shape index (κ3) is 4.82. The van der Waals surface area contributed by atoms with Crippen molar-refractivity contribution in [2.75, 3.05) is 39.3 Å². The van der Waals surface area contributed by atoms with E-state index in [1.165, 1.54) is 6.33 Å². The number of carbonyl (C=O) groups excluding carboxylic acids is 2. The monoisotopic (exact) mass is 462 g/mol. The Morgan fingerprint density at radius 2 is 2.00 bits per heavy atom. The van der Waals surface area contributed by atoms with Gasteiger partial charge in [-0.05, 0) is 28.8 Å². The van der Waals surface area contributed by atoms with Crippen LogP contribution in [0.25, 0.3) is 5.82 Å². The highest BCUT2D eigenvalue weighted by Gasteiger charge is 2.24. The van der Waals surface area contributed by atoms with Crippen molar-refractivity contribution in [3.63, 3.8) is 0 Å². The van der Waals surface area contributed by atoms with E-state index in [0.717, 1.165) is 16.7 Å². The fourth-order valence-corrected chi connectivity index (χ4v) is 4.36. The van der Waals surface area contributed by atoms with E-state index in [4.69, 9.17) is 4.74 Å². The Kier molecular flexibility index (Phi) is 6.33. The average Bonchev–Trinajstić information content (AvgIpc) is 3.40. The summed E-state index contributed by atoms with van der Waals surface area (Å²) >= 11 is 0. The van der Waals surface area contributed by atoms with E-state index < -0.39 is 6.10 Å². The van der Waals surface area contributed by atoms with Gasteiger partial charge in [0.15, 0.2) is 5.82 Å². The lowest BCUT2D eigenvalue weighted by Crippen LogP contribution is -2.50. The Balaban J connectivity index is 1.11. The number of aliphatic hydroxyl groups excluding tert-OH is 1. The van der Waals surface area contributed by atoms with Crippen LogP contribution in [0.2, 0.25) is 0 Å². The summed E-state index contributed by atoms with van der Waals surface area (Å²) in [6.45, 7) is 3.49. The number of aromatic nitrogens is 4. The molecule has 2 aliphatic rings. The normalized spacial score (nSPS) is 17.2. The first-order valence-electron chi connectivity index (χ1n) is 11.3. The zero-order chi connectivity index (χ0) is 23.5. The molecule has 0 aliphatic carbocycles. The molecular formula is C24H26N6O4. The summed E-state index contributed by atoms with van der Waals surface area (Å²) in [5.74, 6) is 0.418. The maximum Gasteiger partial charge on any atom is 0.338 e. The minimum absolute atomic E-state index is 0.0667. The molecule has 2 aromatic heterocycles. The van der Waals surface area contributed by atoms with Crippen LogP contribution in [0.4, 0.5) is 0 Å². The van der Waals surface area contributed by atoms with E-state index in [1.54, 1.807) is 29.3 Å². The number of hydrogen-bond donors (Lipinski definition) is 1.